The molecule has 6 heteroatoms. The molecule has 0 spiro atoms. The molecule has 5 rings (SSSR count). The van der Waals surface area contributed by atoms with Gasteiger partial charge in [0.25, 0.3) is 0 Å². The number of aromatic carboxylic acids is 1. The number of fused-ring (bicyclic) bond motifs is 5. The van der Waals surface area contributed by atoms with Crippen LogP contribution in [0.3, 0.4) is 0 Å². The first-order chi connectivity index (χ1) is 14.0. The Morgan fingerprint density at radius 3 is 2.72 bits per heavy atom. The Bertz CT molecular complexity index is 1310. The van der Waals surface area contributed by atoms with E-state index in [1.807, 2.05) is 28.8 Å². The fraction of sp³-hybridized carbons (Fsp3) is 0.217. The van der Waals surface area contributed by atoms with Crippen LogP contribution in [0, 0.1) is 5.92 Å². The predicted molar refractivity (Wildman–Crippen MR) is 108 cm³/mol. The summed E-state index contributed by atoms with van der Waals surface area (Å²) >= 11 is 0. The fourth-order valence-corrected chi connectivity index (χ4v) is 4.31. The van der Waals surface area contributed by atoms with Gasteiger partial charge in [-0.2, -0.15) is 0 Å². The van der Waals surface area contributed by atoms with Crippen molar-refractivity contribution in [2.75, 3.05) is 0 Å². The third-order valence-corrected chi connectivity index (χ3v) is 5.73. The molecule has 4 aromatic rings. The van der Waals surface area contributed by atoms with Crippen LogP contribution < -0.4 is 5.43 Å². The molecule has 0 amide bonds. The second kappa shape index (κ2) is 6.24. The maximum absolute atomic E-state index is 13.2. The largest absolute Gasteiger partial charge is 0.477 e. The van der Waals surface area contributed by atoms with E-state index in [0.717, 1.165) is 16.5 Å². The van der Waals surface area contributed by atoms with E-state index in [-0.39, 0.29) is 17.5 Å². The summed E-state index contributed by atoms with van der Waals surface area (Å²) in [7, 11) is 0. The molecule has 0 aliphatic carbocycles. The molecule has 0 fully saturated rings. The number of benzene rings is 1. The third kappa shape index (κ3) is 2.49. The van der Waals surface area contributed by atoms with E-state index in [0.29, 0.717) is 29.0 Å². The van der Waals surface area contributed by atoms with E-state index in [1.165, 1.54) is 18.7 Å². The molecule has 146 valence electrons. The Morgan fingerprint density at radius 1 is 1.24 bits per heavy atom. The number of rotatable bonds is 3. The molecule has 1 aromatic carbocycles. The highest BCUT2D eigenvalue weighted by Gasteiger charge is 2.35. The molecule has 6 nitrogen and oxygen atoms in total. The van der Waals surface area contributed by atoms with Crippen LogP contribution in [0.5, 0.6) is 0 Å². The standard InChI is InChI=1S/C23H19NO5/c1-12(2)17-9-15-14-5-3-4-6-18(14)29-22(15)20-19(13-7-8-28-11-13)21(25)16(23(26)27)10-24(17)20/h3-8,10-12,17H,9H2,1-2H3,(H,26,27)/t17-/m0/s1. The number of carboxylic acid groups (broad SMARTS) is 1. The Morgan fingerprint density at radius 2 is 2.03 bits per heavy atom. The van der Waals surface area contributed by atoms with Gasteiger partial charge in [0.1, 0.15) is 11.1 Å². The van der Waals surface area contributed by atoms with Gasteiger partial charge in [-0.1, -0.05) is 32.0 Å². The third-order valence-electron chi connectivity index (χ3n) is 5.73. The van der Waals surface area contributed by atoms with Gasteiger partial charge in [0.15, 0.2) is 5.76 Å². The summed E-state index contributed by atoms with van der Waals surface area (Å²) in [6, 6.07) is 9.46. The first kappa shape index (κ1) is 17.6. The Balaban J connectivity index is 1.96. The average Bonchev–Trinajstić information content (AvgIpc) is 3.34. The van der Waals surface area contributed by atoms with Crippen molar-refractivity contribution in [3.8, 4) is 22.6 Å². The number of hydrogen-bond donors (Lipinski definition) is 1. The highest BCUT2D eigenvalue weighted by Crippen LogP contribution is 2.45. The highest BCUT2D eigenvalue weighted by molar-refractivity contribution is 5.95. The Labute approximate surface area is 166 Å². The summed E-state index contributed by atoms with van der Waals surface area (Å²) in [5.41, 5.74) is 2.45. The summed E-state index contributed by atoms with van der Waals surface area (Å²) in [5.74, 6) is -0.404. The van der Waals surface area contributed by atoms with Gasteiger partial charge in [0, 0.05) is 28.8 Å². The van der Waals surface area contributed by atoms with Gasteiger partial charge in [0.2, 0.25) is 5.43 Å². The molecule has 0 saturated carbocycles. The van der Waals surface area contributed by atoms with Gasteiger partial charge < -0.3 is 18.5 Å². The number of aromatic nitrogens is 1. The molecule has 0 radical (unpaired) electrons. The van der Waals surface area contributed by atoms with Crippen molar-refractivity contribution in [1.29, 1.82) is 0 Å². The second-order valence-corrected chi connectivity index (χ2v) is 7.74. The van der Waals surface area contributed by atoms with Crippen LogP contribution in [-0.4, -0.2) is 15.6 Å². The van der Waals surface area contributed by atoms with Crippen molar-refractivity contribution in [3.05, 3.63) is 70.4 Å². The van der Waals surface area contributed by atoms with E-state index in [9.17, 15) is 14.7 Å². The highest BCUT2D eigenvalue weighted by atomic mass is 16.4. The molecule has 1 atom stereocenters. The minimum absolute atomic E-state index is 0.0112. The summed E-state index contributed by atoms with van der Waals surface area (Å²) in [5, 5.41) is 10.7. The van der Waals surface area contributed by atoms with Gasteiger partial charge in [-0.25, -0.2) is 4.79 Å². The van der Waals surface area contributed by atoms with Crippen molar-refractivity contribution in [3.63, 3.8) is 0 Å². The molecule has 1 aliphatic heterocycles. The number of pyridine rings is 1. The first-order valence-corrected chi connectivity index (χ1v) is 9.53. The number of hydrogen-bond acceptors (Lipinski definition) is 4. The maximum atomic E-state index is 13.2. The van der Waals surface area contributed by atoms with Crippen molar-refractivity contribution in [1.82, 2.24) is 4.57 Å². The lowest BCUT2D eigenvalue weighted by molar-refractivity contribution is 0.0694. The number of carbonyl (C=O) groups is 1. The van der Waals surface area contributed by atoms with Gasteiger partial charge in [-0.15, -0.1) is 0 Å². The molecule has 1 aliphatic rings. The topological polar surface area (TPSA) is 85.6 Å². The van der Waals surface area contributed by atoms with Crippen LogP contribution >= 0.6 is 0 Å². The van der Waals surface area contributed by atoms with Gasteiger partial charge in [-0.3, -0.25) is 4.79 Å². The number of carboxylic acids is 1. The van der Waals surface area contributed by atoms with Crippen LogP contribution in [0.4, 0.5) is 0 Å². The van der Waals surface area contributed by atoms with Crippen molar-refractivity contribution < 1.29 is 18.7 Å². The molecular weight excluding hydrogens is 370 g/mol. The summed E-state index contributed by atoms with van der Waals surface area (Å²) in [6.07, 6.45) is 5.10. The van der Waals surface area contributed by atoms with Crippen LogP contribution in [-0.2, 0) is 6.42 Å². The van der Waals surface area contributed by atoms with E-state index < -0.39 is 11.4 Å². The quantitative estimate of drug-likeness (QED) is 0.534. The monoisotopic (exact) mass is 389 g/mol. The Kier molecular flexibility index (Phi) is 3.77. The molecule has 0 saturated heterocycles. The van der Waals surface area contributed by atoms with Crippen molar-refractivity contribution >= 4 is 16.9 Å². The molecule has 1 N–H and O–H groups in total. The normalized spacial score (nSPS) is 15.5. The van der Waals surface area contributed by atoms with Crippen molar-refractivity contribution in [2.45, 2.75) is 26.3 Å². The smallest absolute Gasteiger partial charge is 0.341 e. The predicted octanol–water partition coefficient (Wildman–Crippen LogP) is 4.97. The number of furan rings is 2. The Hall–Kier alpha value is -3.54. The lowest BCUT2D eigenvalue weighted by Gasteiger charge is -2.32. The van der Waals surface area contributed by atoms with Gasteiger partial charge in [-0.05, 0) is 24.5 Å². The summed E-state index contributed by atoms with van der Waals surface area (Å²) < 4.78 is 13.3. The first-order valence-electron chi connectivity index (χ1n) is 9.53. The van der Waals surface area contributed by atoms with E-state index in [1.54, 1.807) is 6.07 Å². The molecule has 29 heavy (non-hydrogen) atoms. The van der Waals surface area contributed by atoms with Crippen molar-refractivity contribution in [2.24, 2.45) is 5.92 Å². The second-order valence-electron chi connectivity index (χ2n) is 7.74. The lowest BCUT2D eigenvalue weighted by Crippen LogP contribution is -2.29. The average molecular weight is 389 g/mol. The molecule has 0 bridgehead atoms. The van der Waals surface area contributed by atoms with Crippen LogP contribution in [0.25, 0.3) is 33.6 Å². The molecule has 0 unspecified atom stereocenters. The van der Waals surface area contributed by atoms with Gasteiger partial charge in [0.05, 0.1) is 23.8 Å². The zero-order chi connectivity index (χ0) is 20.3. The number of nitrogens with zero attached hydrogens (tertiary/aromatic N) is 1. The zero-order valence-electron chi connectivity index (χ0n) is 16.0. The number of para-hydroxylation sites is 1. The zero-order valence-corrected chi connectivity index (χ0v) is 16.0. The summed E-state index contributed by atoms with van der Waals surface area (Å²) in [6.45, 7) is 4.19. The molecule has 4 heterocycles. The van der Waals surface area contributed by atoms with Gasteiger partial charge >= 0.3 is 5.97 Å². The minimum Gasteiger partial charge on any atom is -0.477 e. The summed E-state index contributed by atoms with van der Waals surface area (Å²) in [4.78, 5) is 25.0. The molecule has 3 aromatic heterocycles. The van der Waals surface area contributed by atoms with E-state index >= 15 is 0 Å². The van der Waals surface area contributed by atoms with Crippen LogP contribution in [0.2, 0.25) is 0 Å². The molecular formula is C23H19NO5. The van der Waals surface area contributed by atoms with Crippen LogP contribution in [0.1, 0.15) is 35.8 Å². The maximum Gasteiger partial charge on any atom is 0.341 e. The lowest BCUT2D eigenvalue weighted by atomic mass is 9.87. The van der Waals surface area contributed by atoms with E-state index in [2.05, 4.69) is 13.8 Å². The SMILES string of the molecule is CC(C)[C@@H]1Cc2c(oc3ccccc23)-c2c(-c3ccoc3)c(=O)c(C(=O)O)cn21. The van der Waals surface area contributed by atoms with Crippen LogP contribution in [0.15, 0.2) is 62.7 Å². The fourth-order valence-electron chi connectivity index (χ4n) is 4.31. The minimum atomic E-state index is -1.24. The van der Waals surface area contributed by atoms with E-state index in [4.69, 9.17) is 8.83 Å².